The van der Waals surface area contributed by atoms with Crippen LogP contribution in [0, 0.1) is 11.8 Å². The second-order valence-corrected chi connectivity index (χ2v) is 8.30. The van der Waals surface area contributed by atoms with E-state index in [0.29, 0.717) is 11.5 Å². The van der Waals surface area contributed by atoms with Gasteiger partial charge in [-0.2, -0.15) is 0 Å². The topological polar surface area (TPSA) is 60.8 Å². The largest absolute Gasteiger partial charge is 0.392 e. The first-order chi connectivity index (χ1) is 13.7. The van der Waals surface area contributed by atoms with Crippen LogP contribution in [-0.4, -0.2) is 34.0 Å². The number of aliphatic hydroxyl groups excluding tert-OH is 2. The van der Waals surface area contributed by atoms with Gasteiger partial charge in [-0.1, -0.05) is 36.4 Å². The summed E-state index contributed by atoms with van der Waals surface area (Å²) in [6.45, 7) is 2.96. The predicted octanol–water partition coefficient (Wildman–Crippen LogP) is 3.33. The van der Waals surface area contributed by atoms with Crippen molar-refractivity contribution in [3.63, 3.8) is 0 Å². The first-order valence-corrected chi connectivity index (χ1v) is 10.3. The Labute approximate surface area is 198 Å². The number of carbonyl (C=O) groups excluding carboxylic acids is 1. The molecule has 151 valence electrons. The zero-order valence-electron chi connectivity index (χ0n) is 16.9. The molecule has 2 aromatic rings. The van der Waals surface area contributed by atoms with E-state index in [1.54, 1.807) is 6.07 Å². The van der Waals surface area contributed by atoms with Gasteiger partial charge in [0.15, 0.2) is 5.78 Å². The van der Waals surface area contributed by atoms with E-state index in [0.717, 1.165) is 62.0 Å². The molecule has 0 spiro atoms. The molecule has 4 nitrogen and oxygen atoms in total. The molecule has 0 aromatic heterocycles. The molecule has 1 saturated heterocycles. The van der Waals surface area contributed by atoms with Gasteiger partial charge in [-0.25, -0.2) is 0 Å². The van der Waals surface area contributed by atoms with E-state index in [9.17, 15) is 15.0 Å². The van der Waals surface area contributed by atoms with Crippen LogP contribution in [0.2, 0.25) is 0 Å². The Kier molecular flexibility index (Phi) is 8.18. The molecular weight excluding hydrogens is 439 g/mol. The molecule has 29 heavy (non-hydrogen) atoms. The second-order valence-electron chi connectivity index (χ2n) is 8.30. The molecule has 0 bridgehead atoms. The maximum Gasteiger partial charge on any atom is 0.166 e. The summed E-state index contributed by atoms with van der Waals surface area (Å²) in [5, 5.41) is 19.0. The minimum absolute atomic E-state index is 0. The van der Waals surface area contributed by atoms with Gasteiger partial charge in [0.05, 0.1) is 13.2 Å². The van der Waals surface area contributed by atoms with Crippen LogP contribution in [0.25, 0.3) is 0 Å². The Hall–Kier alpha value is -0.906. The maximum absolute atomic E-state index is 12.9. The van der Waals surface area contributed by atoms with E-state index in [2.05, 4.69) is 35.2 Å². The molecule has 2 aromatic carbocycles. The van der Waals surface area contributed by atoms with Gasteiger partial charge < -0.3 is 10.2 Å². The summed E-state index contributed by atoms with van der Waals surface area (Å²) in [5.41, 5.74) is 4.57. The first kappa shape index (κ1) is 22.8. The number of fused-ring (bicyclic) bond motifs is 1. The quantitative estimate of drug-likeness (QED) is 0.683. The van der Waals surface area contributed by atoms with E-state index >= 15 is 0 Å². The number of aliphatic hydroxyl groups is 2. The number of benzene rings is 2. The first-order valence-electron chi connectivity index (χ1n) is 10.3. The van der Waals surface area contributed by atoms with Gasteiger partial charge in [0.25, 0.3) is 0 Å². The molecule has 1 atom stereocenters. The second kappa shape index (κ2) is 10.4. The third-order valence-electron chi connectivity index (χ3n) is 6.44. The number of nitrogens with zero attached hydrogens (tertiary/aromatic N) is 1. The van der Waals surface area contributed by atoms with Gasteiger partial charge in [-0.05, 0) is 73.0 Å². The molecule has 1 unspecified atom stereocenters. The van der Waals surface area contributed by atoms with Gasteiger partial charge in [0.2, 0.25) is 0 Å². The van der Waals surface area contributed by atoms with Gasteiger partial charge in [-0.3, -0.25) is 9.69 Å². The summed E-state index contributed by atoms with van der Waals surface area (Å²) in [7, 11) is 0. The van der Waals surface area contributed by atoms with Crippen molar-refractivity contribution in [2.75, 3.05) is 13.1 Å². The fraction of sp³-hybridized carbons (Fsp3) is 0.458. The minimum Gasteiger partial charge on any atom is -0.392 e. The summed E-state index contributed by atoms with van der Waals surface area (Å²) in [5.74, 6) is 0.881. The molecular formula is C24H29NO3Y. The average molecular weight is 468 g/mol. The SMILES string of the molecule is O=C1c2cc(CO)c(CO)cc2CC1CC1CCN(Cc2ccccc2)CC1.[Y]. The Balaban J connectivity index is 0.00000240. The van der Waals surface area contributed by atoms with Crippen molar-refractivity contribution in [3.8, 4) is 0 Å². The molecule has 0 saturated carbocycles. The van der Waals surface area contributed by atoms with Gasteiger partial charge in [0.1, 0.15) is 0 Å². The van der Waals surface area contributed by atoms with Crippen LogP contribution in [0.5, 0.6) is 0 Å². The van der Waals surface area contributed by atoms with Crippen molar-refractivity contribution < 1.29 is 47.7 Å². The molecule has 1 fully saturated rings. The molecule has 1 aliphatic heterocycles. The molecule has 4 rings (SSSR count). The van der Waals surface area contributed by atoms with Crippen molar-refractivity contribution in [3.05, 3.63) is 70.3 Å². The van der Waals surface area contributed by atoms with E-state index < -0.39 is 0 Å². The molecule has 2 aliphatic rings. The fourth-order valence-corrected chi connectivity index (χ4v) is 4.83. The molecule has 1 heterocycles. The Bertz CT molecular complexity index is 832. The fourth-order valence-electron chi connectivity index (χ4n) is 4.83. The zero-order chi connectivity index (χ0) is 19.5. The van der Waals surface area contributed by atoms with Gasteiger partial charge >= 0.3 is 0 Å². The number of ketones is 1. The summed E-state index contributed by atoms with van der Waals surface area (Å²) >= 11 is 0. The average Bonchev–Trinajstić information content (AvgIpc) is 3.03. The van der Waals surface area contributed by atoms with Crippen molar-refractivity contribution in [2.45, 2.75) is 45.4 Å². The molecule has 5 heteroatoms. The summed E-state index contributed by atoms with van der Waals surface area (Å²) in [6.07, 6.45) is 4.03. The van der Waals surface area contributed by atoms with Crippen LogP contribution < -0.4 is 0 Å². The number of hydrogen-bond donors (Lipinski definition) is 2. The van der Waals surface area contributed by atoms with Gasteiger partial charge in [-0.15, -0.1) is 0 Å². The van der Waals surface area contributed by atoms with Crippen molar-refractivity contribution in [2.24, 2.45) is 11.8 Å². The Morgan fingerprint density at radius 3 is 2.28 bits per heavy atom. The van der Waals surface area contributed by atoms with Gasteiger partial charge in [0, 0.05) is 50.7 Å². The predicted molar refractivity (Wildman–Crippen MR) is 109 cm³/mol. The number of piperidine rings is 1. The van der Waals surface area contributed by atoms with Crippen molar-refractivity contribution >= 4 is 5.78 Å². The zero-order valence-corrected chi connectivity index (χ0v) is 19.7. The third-order valence-corrected chi connectivity index (χ3v) is 6.44. The van der Waals surface area contributed by atoms with Crippen molar-refractivity contribution in [1.29, 1.82) is 0 Å². The molecule has 1 radical (unpaired) electrons. The van der Waals surface area contributed by atoms with E-state index in [4.69, 9.17) is 0 Å². The normalized spacial score (nSPS) is 19.8. The number of rotatable bonds is 6. The number of likely N-dealkylation sites (tertiary alicyclic amines) is 1. The summed E-state index contributed by atoms with van der Waals surface area (Å²) < 4.78 is 0. The van der Waals surface area contributed by atoms with Crippen molar-refractivity contribution in [1.82, 2.24) is 4.90 Å². The minimum atomic E-state index is -0.138. The van der Waals surface area contributed by atoms with Crippen LogP contribution >= 0.6 is 0 Å². The number of Topliss-reactive ketones (excluding diaryl/α,β-unsaturated/α-hetero) is 1. The van der Waals surface area contributed by atoms with Crippen LogP contribution in [-0.2, 0) is 58.9 Å². The Morgan fingerprint density at radius 1 is 0.966 bits per heavy atom. The maximum atomic E-state index is 12.9. The molecule has 1 aliphatic carbocycles. The number of hydrogen-bond acceptors (Lipinski definition) is 4. The van der Waals surface area contributed by atoms with E-state index in [1.165, 1.54) is 5.56 Å². The smallest absolute Gasteiger partial charge is 0.166 e. The third kappa shape index (κ3) is 5.23. The van der Waals surface area contributed by atoms with Crippen LogP contribution in [0.3, 0.4) is 0 Å². The Morgan fingerprint density at radius 2 is 1.62 bits per heavy atom. The standard InChI is InChI=1S/C24H29NO3.Y/c26-15-21-12-19-11-20(24(28)23(19)13-22(21)16-27)10-17-6-8-25(9-7-17)14-18-4-2-1-3-5-18;/h1-5,12-13,17,20,26-27H,6-11,14-16H2;. The van der Waals surface area contributed by atoms with Crippen LogP contribution in [0.1, 0.15) is 51.9 Å². The van der Waals surface area contributed by atoms with E-state index in [1.807, 2.05) is 6.07 Å². The van der Waals surface area contributed by atoms with Crippen LogP contribution in [0.4, 0.5) is 0 Å². The monoisotopic (exact) mass is 468 g/mol. The van der Waals surface area contributed by atoms with Crippen LogP contribution in [0.15, 0.2) is 42.5 Å². The number of carbonyl (C=O) groups is 1. The summed E-state index contributed by atoms with van der Waals surface area (Å²) in [4.78, 5) is 15.4. The molecule has 2 N–H and O–H groups in total. The summed E-state index contributed by atoms with van der Waals surface area (Å²) in [6, 6.07) is 14.3. The van der Waals surface area contributed by atoms with E-state index in [-0.39, 0.29) is 57.6 Å². The molecule has 0 amide bonds.